The van der Waals surface area contributed by atoms with E-state index >= 15 is 0 Å². The highest BCUT2D eigenvalue weighted by atomic mass is 32.2. The summed E-state index contributed by atoms with van der Waals surface area (Å²) in [6.07, 6.45) is -5.26. The molecule has 0 spiro atoms. The minimum absolute atomic E-state index is 0.509. The summed E-state index contributed by atoms with van der Waals surface area (Å²) in [6, 6.07) is 11.4. The van der Waals surface area contributed by atoms with Crippen molar-refractivity contribution >= 4 is 9.84 Å². The third-order valence-electron chi connectivity index (χ3n) is 5.56. The van der Waals surface area contributed by atoms with Crippen LogP contribution in [0, 0.1) is 0 Å². The zero-order valence-corrected chi connectivity index (χ0v) is 20.4. The van der Waals surface area contributed by atoms with Gasteiger partial charge in [0, 0.05) is 6.42 Å². The SMILES string of the molecule is CCCCCCOc1ccc(-c2ccc(S(=O)(=O)CCC(F)(F)C(F)(F)C(F)(F)C(F)(F)F)cc2)cc1. The first-order chi connectivity index (χ1) is 17.0. The quantitative estimate of drug-likeness (QED) is 0.183. The topological polar surface area (TPSA) is 43.4 Å². The lowest BCUT2D eigenvalue weighted by atomic mass is 10.0. The van der Waals surface area contributed by atoms with Gasteiger partial charge in [0.1, 0.15) is 5.75 Å². The molecule has 0 fully saturated rings. The molecule has 2 aromatic rings. The Morgan fingerprint density at radius 1 is 0.703 bits per heavy atom. The number of sulfone groups is 1. The van der Waals surface area contributed by atoms with Gasteiger partial charge in [-0.3, -0.25) is 0 Å². The van der Waals surface area contributed by atoms with Crippen LogP contribution in [0.5, 0.6) is 5.75 Å². The van der Waals surface area contributed by atoms with Crippen LogP contribution < -0.4 is 4.74 Å². The first kappa shape index (κ1) is 30.8. The Balaban J connectivity index is 2.07. The van der Waals surface area contributed by atoms with Gasteiger partial charge in [-0.15, -0.1) is 0 Å². The Labute approximate surface area is 208 Å². The average Bonchev–Trinajstić information content (AvgIpc) is 2.82. The third-order valence-corrected chi connectivity index (χ3v) is 7.29. The second-order valence-electron chi connectivity index (χ2n) is 8.38. The molecule has 0 N–H and O–H groups in total. The number of hydrogen-bond donors (Lipinski definition) is 0. The molecule has 208 valence electrons. The number of halogens is 9. The molecule has 0 radical (unpaired) electrons. The normalized spacial score (nSPS) is 13.6. The van der Waals surface area contributed by atoms with Crippen molar-refractivity contribution in [1.82, 2.24) is 0 Å². The van der Waals surface area contributed by atoms with Crippen molar-refractivity contribution in [2.45, 2.75) is 67.9 Å². The van der Waals surface area contributed by atoms with Gasteiger partial charge >= 0.3 is 23.9 Å². The van der Waals surface area contributed by atoms with Gasteiger partial charge < -0.3 is 4.74 Å². The number of ether oxygens (including phenoxy) is 1. The van der Waals surface area contributed by atoms with Crippen LogP contribution in [0.3, 0.4) is 0 Å². The number of alkyl halides is 9. The Hall–Kier alpha value is -2.44. The van der Waals surface area contributed by atoms with Crippen LogP contribution >= 0.6 is 0 Å². The Kier molecular flexibility index (Phi) is 9.59. The lowest BCUT2D eigenvalue weighted by molar-refractivity contribution is -0.396. The fraction of sp³-hybridized carbons (Fsp3) is 0.500. The molecule has 13 heteroatoms. The van der Waals surface area contributed by atoms with E-state index in [2.05, 4.69) is 6.92 Å². The molecule has 0 amide bonds. The van der Waals surface area contributed by atoms with Crippen molar-refractivity contribution in [1.29, 1.82) is 0 Å². The maximum atomic E-state index is 13.7. The average molecular weight is 565 g/mol. The number of unbranched alkanes of at least 4 members (excludes halogenated alkanes) is 3. The number of hydrogen-bond acceptors (Lipinski definition) is 3. The number of benzene rings is 2. The van der Waals surface area contributed by atoms with Crippen molar-refractivity contribution in [3.05, 3.63) is 48.5 Å². The van der Waals surface area contributed by atoms with Gasteiger partial charge in [0.05, 0.1) is 17.3 Å². The molecule has 0 aliphatic rings. The van der Waals surface area contributed by atoms with Crippen LogP contribution in [-0.2, 0) is 9.84 Å². The van der Waals surface area contributed by atoms with E-state index in [9.17, 15) is 47.9 Å². The van der Waals surface area contributed by atoms with Gasteiger partial charge in [-0.05, 0) is 41.8 Å². The Morgan fingerprint density at radius 2 is 1.22 bits per heavy atom. The summed E-state index contributed by atoms with van der Waals surface area (Å²) in [6.45, 7) is 2.64. The predicted octanol–water partition coefficient (Wildman–Crippen LogP) is 7.94. The molecule has 0 aromatic heterocycles. The monoisotopic (exact) mass is 564 g/mol. The molecule has 0 aliphatic carbocycles. The van der Waals surface area contributed by atoms with E-state index in [1.807, 2.05) is 0 Å². The largest absolute Gasteiger partial charge is 0.494 e. The fourth-order valence-electron chi connectivity index (χ4n) is 3.26. The maximum Gasteiger partial charge on any atom is 0.460 e. The second kappa shape index (κ2) is 11.5. The molecule has 0 heterocycles. The van der Waals surface area contributed by atoms with Gasteiger partial charge in [-0.25, -0.2) is 8.42 Å². The molecular formula is C24H25F9O3S. The summed E-state index contributed by atoms with van der Waals surface area (Å²) in [4.78, 5) is -0.593. The molecule has 0 unspecified atom stereocenters. The van der Waals surface area contributed by atoms with Crippen molar-refractivity contribution in [2.75, 3.05) is 12.4 Å². The zero-order chi connectivity index (χ0) is 28.1. The fourth-order valence-corrected chi connectivity index (χ4v) is 4.57. The molecular weight excluding hydrogens is 539 g/mol. The van der Waals surface area contributed by atoms with Crippen LogP contribution in [0.25, 0.3) is 11.1 Å². The second-order valence-corrected chi connectivity index (χ2v) is 10.5. The molecule has 0 saturated heterocycles. The minimum atomic E-state index is -7.06. The third kappa shape index (κ3) is 7.11. The highest BCUT2D eigenvalue weighted by molar-refractivity contribution is 7.91. The lowest BCUT2D eigenvalue weighted by Crippen LogP contribution is -2.61. The summed E-state index contributed by atoms with van der Waals surface area (Å²) >= 11 is 0. The molecule has 2 aromatic carbocycles. The van der Waals surface area contributed by atoms with Crippen LogP contribution in [0.4, 0.5) is 39.5 Å². The van der Waals surface area contributed by atoms with E-state index < -0.39 is 50.9 Å². The zero-order valence-electron chi connectivity index (χ0n) is 19.6. The standard InChI is InChI=1S/C24H25F9O3S/c1-2-3-4-5-15-36-19-10-6-17(7-11-19)18-8-12-20(13-9-18)37(34,35)16-14-21(25,26)22(27,28)23(29,30)24(31,32)33/h6-13H,2-5,14-16H2,1H3. The van der Waals surface area contributed by atoms with Crippen molar-refractivity contribution < 1.29 is 52.7 Å². The van der Waals surface area contributed by atoms with Crippen molar-refractivity contribution in [3.8, 4) is 16.9 Å². The Morgan fingerprint density at radius 3 is 1.70 bits per heavy atom. The predicted molar refractivity (Wildman–Crippen MR) is 119 cm³/mol. The van der Waals surface area contributed by atoms with Gasteiger partial charge in [0.2, 0.25) is 0 Å². The molecule has 37 heavy (non-hydrogen) atoms. The molecule has 0 atom stereocenters. The van der Waals surface area contributed by atoms with Crippen LogP contribution in [0.2, 0.25) is 0 Å². The van der Waals surface area contributed by atoms with E-state index in [1.54, 1.807) is 24.3 Å². The van der Waals surface area contributed by atoms with Crippen molar-refractivity contribution in [3.63, 3.8) is 0 Å². The van der Waals surface area contributed by atoms with E-state index in [0.29, 0.717) is 23.5 Å². The first-order valence-corrected chi connectivity index (χ1v) is 12.9. The van der Waals surface area contributed by atoms with E-state index in [-0.39, 0.29) is 0 Å². The maximum absolute atomic E-state index is 13.7. The summed E-state index contributed by atoms with van der Waals surface area (Å²) in [5.74, 6) is -21.0. The van der Waals surface area contributed by atoms with E-state index in [4.69, 9.17) is 4.74 Å². The van der Waals surface area contributed by atoms with Crippen molar-refractivity contribution in [2.24, 2.45) is 0 Å². The molecule has 0 aliphatic heterocycles. The summed E-state index contributed by atoms with van der Waals surface area (Å²) in [5, 5.41) is 0. The Bertz CT molecular complexity index is 1110. The van der Waals surface area contributed by atoms with Crippen LogP contribution in [-0.4, -0.2) is 44.7 Å². The summed E-state index contributed by atoms with van der Waals surface area (Å²) in [5.41, 5.74) is 1.15. The molecule has 0 saturated carbocycles. The van der Waals surface area contributed by atoms with Gasteiger partial charge in [0.25, 0.3) is 0 Å². The van der Waals surface area contributed by atoms with E-state index in [0.717, 1.165) is 37.8 Å². The van der Waals surface area contributed by atoms with E-state index in [1.165, 1.54) is 12.1 Å². The van der Waals surface area contributed by atoms with Gasteiger partial charge in [0.15, 0.2) is 9.84 Å². The van der Waals surface area contributed by atoms with Crippen LogP contribution in [0.1, 0.15) is 39.0 Å². The van der Waals surface area contributed by atoms with Crippen LogP contribution in [0.15, 0.2) is 53.4 Å². The molecule has 0 bridgehead atoms. The smallest absolute Gasteiger partial charge is 0.460 e. The first-order valence-electron chi connectivity index (χ1n) is 11.2. The highest BCUT2D eigenvalue weighted by Crippen LogP contribution is 2.54. The molecule has 2 rings (SSSR count). The molecule has 3 nitrogen and oxygen atoms in total. The lowest BCUT2D eigenvalue weighted by Gasteiger charge is -2.33. The van der Waals surface area contributed by atoms with Gasteiger partial charge in [-0.1, -0.05) is 50.5 Å². The highest BCUT2D eigenvalue weighted by Gasteiger charge is 2.81. The minimum Gasteiger partial charge on any atom is -0.494 e. The number of rotatable bonds is 13. The summed E-state index contributed by atoms with van der Waals surface area (Å²) in [7, 11) is -4.72. The summed E-state index contributed by atoms with van der Waals surface area (Å²) < 4.78 is 147. The van der Waals surface area contributed by atoms with Gasteiger partial charge in [-0.2, -0.15) is 39.5 Å².